The first-order chi connectivity index (χ1) is 9.20. The van der Waals surface area contributed by atoms with Crippen LogP contribution in [-0.2, 0) is 4.84 Å². The zero-order valence-electron chi connectivity index (χ0n) is 10.5. The zero-order chi connectivity index (χ0) is 15.5. The van der Waals surface area contributed by atoms with E-state index < -0.39 is 22.2 Å². The molecule has 1 heterocycles. The van der Waals surface area contributed by atoms with Crippen LogP contribution in [0.15, 0.2) is 14.9 Å². The third-order valence-corrected chi connectivity index (χ3v) is 2.01. The first kappa shape index (κ1) is 15.0. The summed E-state index contributed by atoms with van der Waals surface area (Å²) in [4.78, 5) is 13.2. The van der Waals surface area contributed by atoms with Crippen LogP contribution in [0.2, 0.25) is 0 Å². The molecule has 0 saturated heterocycles. The number of azo groups is 1. The number of hydrogen-bond donors (Lipinski definition) is 0. The Labute approximate surface area is 110 Å². The highest BCUT2D eigenvalue weighted by atomic mass is 16.9. The van der Waals surface area contributed by atoms with Crippen LogP contribution in [0.5, 0.6) is 0 Å². The minimum absolute atomic E-state index is 0.329. The van der Waals surface area contributed by atoms with Gasteiger partial charge in [0, 0.05) is 12.3 Å². The summed E-state index contributed by atoms with van der Waals surface area (Å²) in [5.41, 5.74) is -2.15. The van der Waals surface area contributed by atoms with E-state index in [0.29, 0.717) is 0 Å². The van der Waals surface area contributed by atoms with E-state index in [1.165, 1.54) is 0 Å². The molecule has 110 valence electrons. The van der Waals surface area contributed by atoms with Gasteiger partial charge in [-0.2, -0.15) is 0 Å². The number of hydrogen-bond acceptors (Lipinski definition) is 10. The molecule has 0 aliphatic heterocycles. The minimum Gasteiger partial charge on any atom is -0.582 e. The summed E-state index contributed by atoms with van der Waals surface area (Å²) in [6.07, 6.45) is 0. The maximum atomic E-state index is 11.6. The molecule has 1 aromatic heterocycles. The van der Waals surface area contributed by atoms with Crippen molar-refractivity contribution in [2.75, 3.05) is 7.11 Å². The molecule has 0 aliphatic rings. The third kappa shape index (κ3) is 2.85. The molecule has 14 heteroatoms. The Morgan fingerprint density at radius 1 is 1.35 bits per heavy atom. The number of hydroxylamine groups is 1. The van der Waals surface area contributed by atoms with E-state index in [4.69, 9.17) is 0 Å². The van der Waals surface area contributed by atoms with Crippen LogP contribution < -0.4 is 4.90 Å². The van der Waals surface area contributed by atoms with Crippen molar-refractivity contribution in [1.82, 2.24) is 5.16 Å². The predicted octanol–water partition coefficient (Wildman–Crippen LogP) is 0.0702. The molecule has 1 rings (SSSR count). The Kier molecular flexibility index (Phi) is 3.97. The standard InChI is InChI=1S/C6H9N7O7/c1-6(2,12(16)17)11(15)8-5-4(7-13(18)19-3)9-20-10(5)14/h1-3H3. The van der Waals surface area contributed by atoms with Gasteiger partial charge in [0.25, 0.3) is 0 Å². The fourth-order valence-electron chi connectivity index (χ4n) is 0.778. The van der Waals surface area contributed by atoms with Crippen LogP contribution in [-0.4, -0.2) is 32.7 Å². The Morgan fingerprint density at radius 2 is 1.95 bits per heavy atom. The lowest BCUT2D eigenvalue weighted by atomic mass is 10.3. The summed E-state index contributed by atoms with van der Waals surface area (Å²) in [6, 6.07) is 0. The summed E-state index contributed by atoms with van der Waals surface area (Å²) in [5, 5.41) is 53.1. The number of nitrogens with zero attached hydrogens (tertiary/aromatic N) is 7. The highest BCUT2D eigenvalue weighted by molar-refractivity contribution is 5.42. The lowest BCUT2D eigenvalue weighted by Crippen LogP contribution is -2.40. The SMILES string of the molecule is CO[N+]([O-])=Nc1no[n+]([O-])c1N=[N+]([O-])C(C)(C)[N+](=O)[O-]. The van der Waals surface area contributed by atoms with Crippen LogP contribution in [0.25, 0.3) is 0 Å². The van der Waals surface area contributed by atoms with Gasteiger partial charge in [0.05, 0.1) is 23.6 Å². The van der Waals surface area contributed by atoms with Crippen molar-refractivity contribution < 1.29 is 29.2 Å². The van der Waals surface area contributed by atoms with E-state index in [1.807, 2.05) is 0 Å². The topological polar surface area (TPSA) is 182 Å². The highest BCUT2D eigenvalue weighted by Crippen LogP contribution is 2.23. The van der Waals surface area contributed by atoms with Crippen molar-refractivity contribution in [3.63, 3.8) is 0 Å². The molecule has 0 N–H and O–H groups in total. The summed E-state index contributed by atoms with van der Waals surface area (Å²) in [7, 11) is 0.981. The smallest absolute Gasteiger partial charge is 0.445 e. The molecule has 0 spiro atoms. The molecular weight excluding hydrogens is 282 g/mol. The van der Waals surface area contributed by atoms with E-state index in [1.54, 1.807) is 0 Å². The van der Waals surface area contributed by atoms with Gasteiger partial charge < -0.3 is 19.9 Å². The summed E-state index contributed by atoms with van der Waals surface area (Å²) in [5.74, 6) is -1.52. The molecular formula is C6H9N7O7. The van der Waals surface area contributed by atoms with E-state index in [2.05, 4.69) is 24.9 Å². The van der Waals surface area contributed by atoms with Gasteiger partial charge in [-0.15, -0.1) is 0 Å². The van der Waals surface area contributed by atoms with Crippen LogP contribution >= 0.6 is 0 Å². The Bertz CT molecular complexity index is 576. The second kappa shape index (κ2) is 5.29. The van der Waals surface area contributed by atoms with Crippen molar-refractivity contribution >= 4 is 11.6 Å². The molecule has 0 aliphatic carbocycles. The molecule has 0 saturated carbocycles. The van der Waals surface area contributed by atoms with E-state index in [-0.39, 0.29) is 14.8 Å². The monoisotopic (exact) mass is 291 g/mol. The van der Waals surface area contributed by atoms with Gasteiger partial charge in [-0.3, -0.25) is 10.1 Å². The Hall–Kier alpha value is -3.06. The molecule has 1 aromatic rings. The van der Waals surface area contributed by atoms with Crippen LogP contribution in [0.3, 0.4) is 0 Å². The normalized spacial score (nSPS) is 13.3. The molecule has 0 amide bonds. The Morgan fingerprint density at radius 3 is 2.45 bits per heavy atom. The quantitative estimate of drug-likeness (QED) is 0.182. The summed E-state index contributed by atoms with van der Waals surface area (Å²) >= 11 is 0. The fraction of sp³-hybridized carbons (Fsp3) is 0.667. The number of rotatable bonds is 5. The lowest BCUT2D eigenvalue weighted by molar-refractivity contribution is -0.820. The predicted molar refractivity (Wildman–Crippen MR) is 55.0 cm³/mol. The molecule has 0 atom stereocenters. The third-order valence-electron chi connectivity index (χ3n) is 2.01. The van der Waals surface area contributed by atoms with E-state index >= 15 is 0 Å². The maximum Gasteiger partial charge on any atom is 0.445 e. The molecule has 0 fully saturated rings. The fourth-order valence-corrected chi connectivity index (χ4v) is 0.778. The van der Waals surface area contributed by atoms with Gasteiger partial charge in [0.2, 0.25) is 0 Å². The largest absolute Gasteiger partial charge is 0.582 e. The average Bonchev–Trinajstić information content (AvgIpc) is 2.70. The zero-order valence-corrected chi connectivity index (χ0v) is 10.5. The number of aromatic nitrogens is 2. The molecule has 0 bridgehead atoms. The number of nitro groups is 1. The van der Waals surface area contributed by atoms with Crippen LogP contribution in [0, 0.1) is 25.7 Å². The first-order valence-electron chi connectivity index (χ1n) is 4.86. The summed E-state index contributed by atoms with van der Waals surface area (Å²) < 4.78 is 4.08. The average molecular weight is 291 g/mol. The molecule has 0 radical (unpaired) electrons. The van der Waals surface area contributed by atoms with E-state index in [9.17, 15) is 25.7 Å². The van der Waals surface area contributed by atoms with E-state index in [0.717, 1.165) is 21.0 Å². The minimum atomic E-state index is -2.15. The van der Waals surface area contributed by atoms with Crippen molar-refractivity contribution in [1.29, 1.82) is 0 Å². The van der Waals surface area contributed by atoms with Gasteiger partial charge in [-0.25, -0.2) is 5.21 Å². The van der Waals surface area contributed by atoms with Gasteiger partial charge >= 0.3 is 17.3 Å². The first-order valence-corrected chi connectivity index (χ1v) is 4.86. The molecule has 0 aromatic carbocycles. The van der Waals surface area contributed by atoms with Crippen molar-refractivity contribution in [3.05, 3.63) is 25.7 Å². The van der Waals surface area contributed by atoms with Gasteiger partial charge in [0.15, 0.2) is 10.1 Å². The molecule has 0 unspecified atom stereocenters. The van der Waals surface area contributed by atoms with Gasteiger partial charge in [-0.1, -0.05) is 0 Å². The lowest BCUT2D eigenvalue weighted by Gasteiger charge is -2.08. The van der Waals surface area contributed by atoms with Crippen molar-refractivity contribution in [3.8, 4) is 0 Å². The second-order valence-corrected chi connectivity index (χ2v) is 3.72. The second-order valence-electron chi connectivity index (χ2n) is 3.72. The van der Waals surface area contributed by atoms with Gasteiger partial charge in [0.1, 0.15) is 5.11 Å². The van der Waals surface area contributed by atoms with Crippen molar-refractivity contribution in [2.45, 2.75) is 19.5 Å². The maximum absolute atomic E-state index is 11.6. The Balaban J connectivity index is 3.28. The highest BCUT2D eigenvalue weighted by Gasteiger charge is 2.45. The van der Waals surface area contributed by atoms with Gasteiger partial charge in [-0.05, 0) is 4.90 Å². The summed E-state index contributed by atoms with van der Waals surface area (Å²) in [6.45, 7) is 1.91. The molecule has 20 heavy (non-hydrogen) atoms. The van der Waals surface area contributed by atoms with Crippen LogP contribution in [0.1, 0.15) is 13.8 Å². The van der Waals surface area contributed by atoms with Crippen molar-refractivity contribution in [2.24, 2.45) is 10.2 Å². The molecule has 14 nitrogen and oxygen atoms in total. The van der Waals surface area contributed by atoms with Crippen LogP contribution in [0.4, 0.5) is 11.6 Å².